The number of fused-ring (bicyclic) bond motifs is 1. The van der Waals surface area contributed by atoms with Crippen molar-refractivity contribution in [3.05, 3.63) is 36.0 Å². The summed E-state index contributed by atoms with van der Waals surface area (Å²) in [6.07, 6.45) is -4.90. The summed E-state index contributed by atoms with van der Waals surface area (Å²) < 4.78 is 42.3. The van der Waals surface area contributed by atoms with Crippen LogP contribution in [0.5, 0.6) is 0 Å². The van der Waals surface area contributed by atoms with Crippen molar-refractivity contribution in [2.75, 3.05) is 6.61 Å². The summed E-state index contributed by atoms with van der Waals surface area (Å²) in [5.74, 6) is -0.872. The van der Waals surface area contributed by atoms with Crippen molar-refractivity contribution in [2.45, 2.75) is 13.3 Å². The Balaban J connectivity index is 2.55. The van der Waals surface area contributed by atoms with Gasteiger partial charge in [0.25, 0.3) is 0 Å². The maximum Gasteiger partial charge on any atom is 0.591 e. The Morgan fingerprint density at radius 3 is 2.63 bits per heavy atom. The monoisotopic (exact) mass is 273 g/mol. The molecule has 19 heavy (non-hydrogen) atoms. The van der Waals surface area contributed by atoms with Gasteiger partial charge in [-0.1, -0.05) is 18.2 Å². The first-order chi connectivity index (χ1) is 8.92. The lowest BCUT2D eigenvalue weighted by Crippen LogP contribution is -2.29. The zero-order valence-electron chi connectivity index (χ0n) is 9.90. The number of esters is 1. The fourth-order valence-corrected chi connectivity index (χ4v) is 1.68. The Morgan fingerprint density at radius 1 is 1.32 bits per heavy atom. The van der Waals surface area contributed by atoms with Crippen LogP contribution in [-0.4, -0.2) is 23.7 Å². The van der Waals surface area contributed by atoms with E-state index in [-0.39, 0.29) is 17.8 Å². The summed E-state index contributed by atoms with van der Waals surface area (Å²) in [6.45, 7) is 1.63. The van der Waals surface area contributed by atoms with Crippen molar-refractivity contribution in [1.82, 2.24) is 4.73 Å². The average Bonchev–Trinajstić information content (AvgIpc) is 2.67. The van der Waals surface area contributed by atoms with E-state index < -0.39 is 12.3 Å². The lowest BCUT2D eigenvalue weighted by Gasteiger charge is -2.12. The number of carbonyl (C=O) groups excluding carboxylic acids is 1. The van der Waals surface area contributed by atoms with Crippen molar-refractivity contribution < 1.29 is 27.5 Å². The fourth-order valence-electron chi connectivity index (χ4n) is 1.68. The van der Waals surface area contributed by atoms with Gasteiger partial charge >= 0.3 is 12.3 Å². The van der Waals surface area contributed by atoms with Crippen LogP contribution in [0.15, 0.2) is 30.3 Å². The van der Waals surface area contributed by atoms with Crippen LogP contribution in [0.25, 0.3) is 10.9 Å². The molecule has 0 aliphatic rings. The van der Waals surface area contributed by atoms with E-state index in [4.69, 9.17) is 4.74 Å². The minimum absolute atomic E-state index is 0.0619. The third-order valence-electron chi connectivity index (χ3n) is 2.35. The van der Waals surface area contributed by atoms with E-state index >= 15 is 0 Å². The van der Waals surface area contributed by atoms with Gasteiger partial charge in [0.15, 0.2) is 5.69 Å². The predicted molar refractivity (Wildman–Crippen MR) is 60.5 cm³/mol. The van der Waals surface area contributed by atoms with E-state index in [0.717, 1.165) is 0 Å². The van der Waals surface area contributed by atoms with E-state index in [0.29, 0.717) is 10.1 Å². The van der Waals surface area contributed by atoms with Gasteiger partial charge < -0.3 is 9.57 Å². The second kappa shape index (κ2) is 4.83. The largest absolute Gasteiger partial charge is 0.591 e. The van der Waals surface area contributed by atoms with Gasteiger partial charge in [-0.2, -0.15) is 4.73 Å². The molecule has 0 amide bonds. The van der Waals surface area contributed by atoms with E-state index in [2.05, 4.69) is 4.84 Å². The molecule has 0 aliphatic heterocycles. The Labute approximate surface area is 106 Å². The molecule has 4 nitrogen and oxygen atoms in total. The Bertz CT molecular complexity index is 604. The van der Waals surface area contributed by atoms with Gasteiger partial charge in [0.05, 0.1) is 12.1 Å². The van der Waals surface area contributed by atoms with Crippen molar-refractivity contribution in [3.8, 4) is 0 Å². The van der Waals surface area contributed by atoms with Crippen LogP contribution >= 0.6 is 0 Å². The number of aromatic nitrogens is 1. The molecule has 0 spiro atoms. The molecule has 1 aromatic carbocycles. The summed E-state index contributed by atoms with van der Waals surface area (Å²) >= 11 is 0. The number of carbonyl (C=O) groups is 1. The number of halogens is 3. The first-order valence-corrected chi connectivity index (χ1v) is 5.46. The molecule has 102 valence electrons. The number of hydrogen-bond acceptors (Lipinski definition) is 3. The Kier molecular flexibility index (Phi) is 3.37. The van der Waals surface area contributed by atoms with E-state index in [1.165, 1.54) is 12.1 Å². The van der Waals surface area contributed by atoms with Gasteiger partial charge in [-0.15, -0.1) is 13.2 Å². The van der Waals surface area contributed by atoms with Crippen molar-refractivity contribution in [3.63, 3.8) is 0 Å². The molecule has 0 fully saturated rings. The molecular formula is C12H10F3NO3. The third kappa shape index (κ3) is 2.81. The maximum atomic E-state index is 12.4. The maximum absolute atomic E-state index is 12.4. The highest BCUT2D eigenvalue weighted by Gasteiger charge is 2.34. The molecule has 0 saturated heterocycles. The Morgan fingerprint density at radius 2 is 2.00 bits per heavy atom. The van der Waals surface area contributed by atoms with Crippen LogP contribution in [0.3, 0.4) is 0 Å². The van der Waals surface area contributed by atoms with Gasteiger partial charge in [-0.3, -0.25) is 0 Å². The van der Waals surface area contributed by atoms with Gasteiger partial charge in [0.2, 0.25) is 0 Å². The molecule has 7 heteroatoms. The number of para-hydroxylation sites is 1. The molecule has 0 saturated carbocycles. The zero-order chi connectivity index (χ0) is 14.0. The van der Waals surface area contributed by atoms with Crippen LogP contribution in [0, 0.1) is 0 Å². The number of benzene rings is 1. The minimum atomic E-state index is -4.90. The van der Waals surface area contributed by atoms with Gasteiger partial charge in [0, 0.05) is 5.39 Å². The molecule has 0 bridgehead atoms. The summed E-state index contributed by atoms with van der Waals surface area (Å²) in [7, 11) is 0. The average molecular weight is 273 g/mol. The quantitative estimate of drug-likeness (QED) is 0.807. The van der Waals surface area contributed by atoms with Crippen LogP contribution in [0.4, 0.5) is 13.2 Å². The van der Waals surface area contributed by atoms with Crippen molar-refractivity contribution >= 4 is 16.9 Å². The van der Waals surface area contributed by atoms with Gasteiger partial charge in [-0.25, -0.2) is 4.79 Å². The molecule has 2 rings (SSSR count). The molecule has 0 N–H and O–H groups in total. The van der Waals surface area contributed by atoms with E-state index in [9.17, 15) is 18.0 Å². The highest BCUT2D eigenvalue weighted by molar-refractivity contribution is 5.95. The number of hydrogen-bond donors (Lipinski definition) is 0. The normalized spacial score (nSPS) is 11.6. The molecule has 0 radical (unpaired) electrons. The molecular weight excluding hydrogens is 263 g/mol. The number of alkyl halides is 3. The van der Waals surface area contributed by atoms with Crippen LogP contribution < -0.4 is 4.84 Å². The highest BCUT2D eigenvalue weighted by Crippen LogP contribution is 2.23. The summed E-state index contributed by atoms with van der Waals surface area (Å²) in [6, 6.07) is 7.49. The van der Waals surface area contributed by atoms with Gasteiger partial charge in [-0.05, 0) is 19.1 Å². The van der Waals surface area contributed by atoms with Gasteiger partial charge in [0.1, 0.15) is 0 Å². The first kappa shape index (κ1) is 13.3. The first-order valence-electron chi connectivity index (χ1n) is 5.46. The number of nitrogens with zero attached hydrogens (tertiary/aromatic N) is 1. The molecule has 0 unspecified atom stereocenters. The molecule has 0 aliphatic carbocycles. The second-order valence-electron chi connectivity index (χ2n) is 3.64. The predicted octanol–water partition coefficient (Wildman–Crippen LogP) is 2.77. The zero-order valence-corrected chi connectivity index (χ0v) is 9.90. The second-order valence-corrected chi connectivity index (χ2v) is 3.64. The SMILES string of the molecule is CCOC(=O)c1cc2ccccc2n1OC(F)(F)F. The lowest BCUT2D eigenvalue weighted by atomic mass is 10.2. The molecule has 1 heterocycles. The topological polar surface area (TPSA) is 40.5 Å². The standard InChI is InChI=1S/C12H10F3NO3/c1-2-18-11(17)10-7-8-5-3-4-6-9(8)16(10)19-12(13,14)15/h3-7H,2H2,1H3. The summed E-state index contributed by atoms with van der Waals surface area (Å²) in [5, 5.41) is 0.454. The van der Waals surface area contributed by atoms with Crippen molar-refractivity contribution in [1.29, 1.82) is 0 Å². The van der Waals surface area contributed by atoms with Crippen LogP contribution in [-0.2, 0) is 4.74 Å². The summed E-state index contributed by atoms with van der Waals surface area (Å²) in [5.41, 5.74) is -0.164. The van der Waals surface area contributed by atoms with Crippen LogP contribution in [0.2, 0.25) is 0 Å². The number of rotatable bonds is 3. The number of ether oxygens (including phenoxy) is 1. The molecule has 1 aromatic heterocycles. The Hall–Kier alpha value is -2.18. The molecule has 0 atom stereocenters. The van der Waals surface area contributed by atoms with E-state index in [1.807, 2.05) is 0 Å². The van der Waals surface area contributed by atoms with Crippen LogP contribution in [0.1, 0.15) is 17.4 Å². The van der Waals surface area contributed by atoms with Crippen molar-refractivity contribution in [2.24, 2.45) is 0 Å². The molecule has 2 aromatic rings. The highest BCUT2D eigenvalue weighted by atomic mass is 19.4. The summed E-state index contributed by atoms with van der Waals surface area (Å²) in [4.78, 5) is 15.5. The minimum Gasteiger partial charge on any atom is -0.461 e. The fraction of sp³-hybridized carbons (Fsp3) is 0.250. The smallest absolute Gasteiger partial charge is 0.461 e. The third-order valence-corrected chi connectivity index (χ3v) is 2.35. The lowest BCUT2D eigenvalue weighted by molar-refractivity contribution is -0.321. The van der Waals surface area contributed by atoms with E-state index in [1.54, 1.807) is 25.1 Å².